The van der Waals surface area contributed by atoms with Crippen LogP contribution in [0.4, 0.5) is 0 Å². The van der Waals surface area contributed by atoms with Crippen LogP contribution in [0.5, 0.6) is 17.2 Å². The van der Waals surface area contributed by atoms with Crippen molar-refractivity contribution in [1.82, 2.24) is 9.97 Å². The van der Waals surface area contributed by atoms with Gasteiger partial charge in [-0.3, -0.25) is 0 Å². The smallest absolute Gasteiger partial charge is 0.142 e. The number of hydrogen-bond acceptors (Lipinski definition) is 4. The number of aromatic amines is 1. The molecule has 1 N–H and O–H groups in total. The van der Waals surface area contributed by atoms with Crippen molar-refractivity contribution in [3.63, 3.8) is 0 Å². The third-order valence-corrected chi connectivity index (χ3v) is 4.81. The lowest BCUT2D eigenvalue weighted by atomic mass is 10.0. The lowest BCUT2D eigenvalue weighted by Crippen LogP contribution is -1.88. The summed E-state index contributed by atoms with van der Waals surface area (Å²) in [4.78, 5) is 8.42. The number of nitrogens with zero attached hydrogens (tertiary/aromatic N) is 1. The number of methoxy groups -OCH3 is 3. The molecule has 0 atom stereocenters. The number of hydrogen-bond donors (Lipinski definition) is 1. The van der Waals surface area contributed by atoms with Crippen LogP contribution in [0.1, 0.15) is 0 Å². The van der Waals surface area contributed by atoms with Crippen LogP contribution in [0.3, 0.4) is 0 Å². The standard InChI is InChI=1S/C24H22N2O3/c1-27-18-12-8-16(9-13-18)22-23(17-10-14-19(28-2)15-11-17)26-24(25-22)20-6-4-5-7-21(20)29-3/h4-15H,1-3H3,(H,25,26). The highest BCUT2D eigenvalue weighted by Gasteiger charge is 2.17. The van der Waals surface area contributed by atoms with Crippen LogP contribution in [0.25, 0.3) is 33.9 Å². The van der Waals surface area contributed by atoms with E-state index in [0.717, 1.165) is 51.2 Å². The normalized spacial score (nSPS) is 10.6. The van der Waals surface area contributed by atoms with Crippen molar-refractivity contribution in [2.24, 2.45) is 0 Å². The van der Waals surface area contributed by atoms with Gasteiger partial charge >= 0.3 is 0 Å². The molecule has 0 aliphatic carbocycles. The molecule has 3 aromatic carbocycles. The third kappa shape index (κ3) is 3.67. The molecule has 146 valence electrons. The molecule has 0 fully saturated rings. The Balaban J connectivity index is 1.87. The van der Waals surface area contributed by atoms with Gasteiger partial charge in [0.2, 0.25) is 0 Å². The van der Waals surface area contributed by atoms with Gasteiger partial charge in [-0.25, -0.2) is 4.98 Å². The molecule has 0 amide bonds. The van der Waals surface area contributed by atoms with Crippen LogP contribution >= 0.6 is 0 Å². The lowest BCUT2D eigenvalue weighted by Gasteiger charge is -2.06. The largest absolute Gasteiger partial charge is 0.497 e. The van der Waals surface area contributed by atoms with Gasteiger partial charge in [0.15, 0.2) is 0 Å². The van der Waals surface area contributed by atoms with Crippen molar-refractivity contribution in [1.29, 1.82) is 0 Å². The number of rotatable bonds is 6. The van der Waals surface area contributed by atoms with Gasteiger partial charge in [0.1, 0.15) is 23.1 Å². The van der Waals surface area contributed by atoms with Crippen LogP contribution in [-0.2, 0) is 0 Å². The second-order valence-corrected chi connectivity index (χ2v) is 6.47. The topological polar surface area (TPSA) is 56.4 Å². The monoisotopic (exact) mass is 386 g/mol. The Hall–Kier alpha value is -3.73. The minimum Gasteiger partial charge on any atom is -0.497 e. The zero-order valence-electron chi connectivity index (χ0n) is 16.6. The first-order valence-electron chi connectivity index (χ1n) is 9.25. The highest BCUT2D eigenvalue weighted by Crippen LogP contribution is 2.36. The molecule has 4 aromatic rings. The molecule has 0 unspecified atom stereocenters. The Morgan fingerprint density at radius 3 is 1.83 bits per heavy atom. The number of benzene rings is 3. The quantitative estimate of drug-likeness (QED) is 0.480. The maximum Gasteiger partial charge on any atom is 0.142 e. The second kappa shape index (κ2) is 8.10. The minimum atomic E-state index is 0.749. The number of nitrogens with one attached hydrogen (secondary N) is 1. The van der Waals surface area contributed by atoms with Gasteiger partial charge in [0.05, 0.1) is 38.3 Å². The van der Waals surface area contributed by atoms with Crippen LogP contribution in [0, 0.1) is 0 Å². The number of imidazole rings is 1. The first kappa shape index (κ1) is 18.6. The number of ether oxygens (including phenoxy) is 3. The van der Waals surface area contributed by atoms with E-state index in [-0.39, 0.29) is 0 Å². The number of H-pyrrole nitrogens is 1. The molecule has 0 spiro atoms. The summed E-state index contributed by atoms with van der Waals surface area (Å²) in [6.07, 6.45) is 0. The molecule has 1 aromatic heterocycles. The minimum absolute atomic E-state index is 0.749. The summed E-state index contributed by atoms with van der Waals surface area (Å²) >= 11 is 0. The Labute approximate surface area is 169 Å². The molecule has 0 saturated heterocycles. The second-order valence-electron chi connectivity index (χ2n) is 6.47. The molecule has 1 heterocycles. The van der Waals surface area contributed by atoms with Gasteiger partial charge in [-0.2, -0.15) is 0 Å². The molecule has 4 rings (SSSR count). The van der Waals surface area contributed by atoms with Gasteiger partial charge in [-0.1, -0.05) is 12.1 Å². The molecular formula is C24H22N2O3. The molecule has 0 saturated carbocycles. The van der Waals surface area contributed by atoms with Crippen molar-refractivity contribution >= 4 is 0 Å². The predicted octanol–water partition coefficient (Wildman–Crippen LogP) is 5.44. The molecule has 5 nitrogen and oxygen atoms in total. The fraction of sp³-hybridized carbons (Fsp3) is 0.125. The van der Waals surface area contributed by atoms with Gasteiger partial charge in [-0.05, 0) is 60.7 Å². The summed E-state index contributed by atoms with van der Waals surface area (Å²) in [5, 5.41) is 0. The summed E-state index contributed by atoms with van der Waals surface area (Å²) in [5.41, 5.74) is 4.71. The van der Waals surface area contributed by atoms with Gasteiger partial charge in [-0.15, -0.1) is 0 Å². The summed E-state index contributed by atoms with van der Waals surface area (Å²) in [6, 6.07) is 23.6. The van der Waals surface area contributed by atoms with E-state index in [1.54, 1.807) is 21.3 Å². The van der Waals surface area contributed by atoms with Gasteiger partial charge in [0.25, 0.3) is 0 Å². The van der Waals surface area contributed by atoms with Crippen molar-refractivity contribution in [3.05, 3.63) is 72.8 Å². The van der Waals surface area contributed by atoms with Crippen molar-refractivity contribution in [2.75, 3.05) is 21.3 Å². The zero-order valence-corrected chi connectivity index (χ0v) is 16.6. The molecule has 29 heavy (non-hydrogen) atoms. The summed E-state index contributed by atoms with van der Waals surface area (Å²) in [7, 11) is 4.98. The van der Waals surface area contributed by atoms with E-state index in [9.17, 15) is 0 Å². The first-order chi connectivity index (χ1) is 14.2. The summed E-state index contributed by atoms with van der Waals surface area (Å²) in [5.74, 6) is 3.13. The van der Waals surface area contributed by atoms with Gasteiger partial charge < -0.3 is 19.2 Å². The predicted molar refractivity (Wildman–Crippen MR) is 115 cm³/mol. The van der Waals surface area contributed by atoms with E-state index in [1.165, 1.54) is 0 Å². The number of aromatic nitrogens is 2. The van der Waals surface area contributed by atoms with E-state index in [4.69, 9.17) is 19.2 Å². The first-order valence-corrected chi connectivity index (χ1v) is 9.25. The van der Waals surface area contributed by atoms with E-state index in [2.05, 4.69) is 4.98 Å². The fourth-order valence-electron chi connectivity index (χ4n) is 3.27. The fourth-order valence-corrected chi connectivity index (χ4v) is 3.27. The van der Waals surface area contributed by atoms with Crippen LogP contribution in [0.2, 0.25) is 0 Å². The van der Waals surface area contributed by atoms with E-state index in [1.807, 2.05) is 72.8 Å². The molecule has 0 radical (unpaired) electrons. The maximum absolute atomic E-state index is 5.53. The van der Waals surface area contributed by atoms with Crippen LogP contribution in [-0.4, -0.2) is 31.3 Å². The highest BCUT2D eigenvalue weighted by molar-refractivity contribution is 5.82. The molecular weight excluding hydrogens is 364 g/mol. The Morgan fingerprint density at radius 1 is 0.655 bits per heavy atom. The van der Waals surface area contributed by atoms with E-state index >= 15 is 0 Å². The lowest BCUT2D eigenvalue weighted by molar-refractivity contribution is 0.414. The van der Waals surface area contributed by atoms with Gasteiger partial charge in [0, 0.05) is 11.1 Å². The van der Waals surface area contributed by atoms with Crippen LogP contribution < -0.4 is 14.2 Å². The van der Waals surface area contributed by atoms with E-state index < -0.39 is 0 Å². The average molecular weight is 386 g/mol. The molecule has 0 bridgehead atoms. The highest BCUT2D eigenvalue weighted by atomic mass is 16.5. The molecule has 5 heteroatoms. The third-order valence-electron chi connectivity index (χ3n) is 4.81. The molecule has 0 aliphatic rings. The van der Waals surface area contributed by atoms with E-state index in [0.29, 0.717) is 0 Å². The Bertz CT molecular complexity index is 1030. The zero-order chi connectivity index (χ0) is 20.2. The SMILES string of the molecule is COc1ccc(-c2nc(-c3ccccc3OC)[nH]c2-c2ccc(OC)cc2)cc1. The summed E-state index contributed by atoms with van der Waals surface area (Å²) < 4.78 is 16.1. The number of para-hydroxylation sites is 1. The summed E-state index contributed by atoms with van der Waals surface area (Å²) in [6.45, 7) is 0. The Morgan fingerprint density at radius 2 is 1.24 bits per heavy atom. The molecule has 0 aliphatic heterocycles. The van der Waals surface area contributed by atoms with Crippen LogP contribution in [0.15, 0.2) is 72.8 Å². The average Bonchev–Trinajstić information content (AvgIpc) is 3.24. The maximum atomic E-state index is 5.53. The Kier molecular flexibility index (Phi) is 5.20. The van der Waals surface area contributed by atoms with Crippen molar-refractivity contribution in [2.45, 2.75) is 0 Å². The van der Waals surface area contributed by atoms with Crippen molar-refractivity contribution in [3.8, 4) is 51.2 Å². The van der Waals surface area contributed by atoms with Crippen molar-refractivity contribution < 1.29 is 14.2 Å².